The Morgan fingerprint density at radius 1 is 1.00 bits per heavy atom. The highest BCUT2D eigenvalue weighted by Gasteiger charge is 2.27. The summed E-state index contributed by atoms with van der Waals surface area (Å²) in [5, 5.41) is 0.634. The summed E-state index contributed by atoms with van der Waals surface area (Å²) >= 11 is 6.30. The Bertz CT molecular complexity index is 1280. The van der Waals surface area contributed by atoms with Gasteiger partial charge in [0.1, 0.15) is 11.6 Å². The molecule has 0 N–H and O–H groups in total. The molecule has 2 aliphatic heterocycles. The number of nitrogens with zero attached hydrogens (tertiary/aromatic N) is 3. The number of amides is 1. The quantitative estimate of drug-likeness (QED) is 0.405. The van der Waals surface area contributed by atoms with Crippen molar-refractivity contribution in [3.8, 4) is 5.75 Å². The van der Waals surface area contributed by atoms with Crippen LogP contribution in [0.5, 0.6) is 5.75 Å². The Hall–Kier alpha value is -3.09. The summed E-state index contributed by atoms with van der Waals surface area (Å²) in [6.45, 7) is 6.49. The fourth-order valence-corrected chi connectivity index (χ4v) is 5.71. The average molecular weight is 522 g/mol. The molecule has 3 aromatic carbocycles. The van der Waals surface area contributed by atoms with Crippen LogP contribution in [-0.2, 0) is 17.6 Å². The van der Waals surface area contributed by atoms with E-state index in [1.165, 1.54) is 23.3 Å². The van der Waals surface area contributed by atoms with Crippen molar-refractivity contribution >= 4 is 28.9 Å². The van der Waals surface area contributed by atoms with Crippen LogP contribution in [0, 0.1) is 5.82 Å². The molecule has 1 amide bonds. The number of hydrogen-bond donors (Lipinski definition) is 0. The van der Waals surface area contributed by atoms with Crippen molar-refractivity contribution in [1.29, 1.82) is 0 Å². The Kier molecular flexibility index (Phi) is 7.68. The first-order chi connectivity index (χ1) is 17.9. The molecule has 1 fully saturated rings. The highest BCUT2D eigenvalue weighted by molar-refractivity contribution is 6.31. The number of fused-ring (bicyclic) bond motifs is 1. The van der Waals surface area contributed by atoms with Gasteiger partial charge in [-0.25, -0.2) is 4.39 Å². The Balaban J connectivity index is 1.26. The molecule has 37 heavy (non-hydrogen) atoms. The van der Waals surface area contributed by atoms with Crippen LogP contribution in [0.4, 0.5) is 15.8 Å². The van der Waals surface area contributed by atoms with Gasteiger partial charge in [-0.05, 0) is 60.7 Å². The molecule has 7 heteroatoms. The molecule has 5 rings (SSSR count). The fraction of sp³-hybridized carbons (Fsp3) is 0.367. The molecule has 0 radical (unpaired) electrons. The number of aryl methyl sites for hydroxylation is 1. The minimum atomic E-state index is -0.288. The monoisotopic (exact) mass is 521 g/mol. The third-order valence-corrected chi connectivity index (χ3v) is 8.02. The number of anilines is 2. The number of piperazine rings is 1. The van der Waals surface area contributed by atoms with Gasteiger partial charge in [0.15, 0.2) is 0 Å². The van der Waals surface area contributed by atoms with E-state index in [2.05, 4.69) is 34.9 Å². The standard InChI is InChI=1S/C30H33ClFN3O2/c1-21(33-14-16-34(17-15-33)28-12-10-25(32)20-29(28)37-2)22-9-11-27-24(18-22)7-5-13-35(27)30(36)19-23-6-3-4-8-26(23)31/h3-4,6,8-12,18,20-21H,5,7,13-17,19H2,1-2H3. The highest BCUT2D eigenvalue weighted by Crippen LogP contribution is 2.34. The first kappa shape index (κ1) is 25.6. The van der Waals surface area contributed by atoms with Crippen LogP contribution in [0.15, 0.2) is 60.7 Å². The maximum absolute atomic E-state index is 13.6. The summed E-state index contributed by atoms with van der Waals surface area (Å²) in [4.78, 5) is 19.9. The van der Waals surface area contributed by atoms with Crippen LogP contribution < -0.4 is 14.5 Å². The number of carbonyl (C=O) groups is 1. The SMILES string of the molecule is COc1cc(F)ccc1N1CCN(C(C)c2ccc3c(c2)CCCN3C(=O)Cc2ccccc2Cl)CC1. The minimum Gasteiger partial charge on any atom is -0.494 e. The van der Waals surface area contributed by atoms with Gasteiger partial charge in [0.05, 0.1) is 19.2 Å². The molecule has 1 saturated heterocycles. The lowest BCUT2D eigenvalue weighted by Gasteiger charge is -2.40. The molecule has 2 aliphatic rings. The Morgan fingerprint density at radius 3 is 2.51 bits per heavy atom. The molecule has 0 saturated carbocycles. The normalized spacial score (nSPS) is 16.9. The van der Waals surface area contributed by atoms with Crippen molar-refractivity contribution in [1.82, 2.24) is 4.90 Å². The van der Waals surface area contributed by atoms with Crippen molar-refractivity contribution < 1.29 is 13.9 Å². The highest BCUT2D eigenvalue weighted by atomic mass is 35.5. The summed E-state index contributed by atoms with van der Waals surface area (Å²) in [7, 11) is 1.58. The zero-order chi connectivity index (χ0) is 25.9. The van der Waals surface area contributed by atoms with Gasteiger partial charge < -0.3 is 14.5 Å². The molecular weight excluding hydrogens is 489 g/mol. The average Bonchev–Trinajstić information content (AvgIpc) is 2.93. The van der Waals surface area contributed by atoms with Crippen LogP contribution in [0.1, 0.15) is 36.1 Å². The van der Waals surface area contributed by atoms with Gasteiger partial charge in [0, 0.05) is 55.5 Å². The smallest absolute Gasteiger partial charge is 0.231 e. The number of hydrogen-bond acceptors (Lipinski definition) is 4. The van der Waals surface area contributed by atoms with E-state index in [0.717, 1.165) is 62.5 Å². The Morgan fingerprint density at radius 2 is 1.76 bits per heavy atom. The predicted octanol–water partition coefficient (Wildman–Crippen LogP) is 5.89. The first-order valence-electron chi connectivity index (χ1n) is 12.9. The number of halogens is 2. The van der Waals surface area contributed by atoms with E-state index in [1.54, 1.807) is 13.2 Å². The van der Waals surface area contributed by atoms with Gasteiger partial charge in [-0.3, -0.25) is 9.69 Å². The molecule has 1 unspecified atom stereocenters. The molecule has 0 aliphatic carbocycles. The van der Waals surface area contributed by atoms with E-state index >= 15 is 0 Å². The van der Waals surface area contributed by atoms with E-state index in [1.807, 2.05) is 29.2 Å². The predicted molar refractivity (Wildman–Crippen MR) is 147 cm³/mol. The topological polar surface area (TPSA) is 36.0 Å². The van der Waals surface area contributed by atoms with Crippen molar-refractivity contribution in [3.63, 3.8) is 0 Å². The number of methoxy groups -OCH3 is 1. The molecule has 194 valence electrons. The molecule has 0 bridgehead atoms. The van der Waals surface area contributed by atoms with Gasteiger partial charge in [0.25, 0.3) is 0 Å². The number of rotatable bonds is 6. The molecule has 0 spiro atoms. The van der Waals surface area contributed by atoms with Crippen LogP contribution >= 0.6 is 11.6 Å². The van der Waals surface area contributed by atoms with Crippen LogP contribution in [0.25, 0.3) is 0 Å². The maximum Gasteiger partial charge on any atom is 0.231 e. The van der Waals surface area contributed by atoms with Gasteiger partial charge >= 0.3 is 0 Å². The third-order valence-electron chi connectivity index (χ3n) is 7.65. The van der Waals surface area contributed by atoms with Gasteiger partial charge in [-0.15, -0.1) is 0 Å². The van der Waals surface area contributed by atoms with Gasteiger partial charge in [-0.1, -0.05) is 41.9 Å². The number of ether oxygens (including phenoxy) is 1. The lowest BCUT2D eigenvalue weighted by Crippen LogP contribution is -2.47. The lowest BCUT2D eigenvalue weighted by atomic mass is 9.95. The van der Waals surface area contributed by atoms with Crippen molar-refractivity contribution in [2.45, 2.75) is 32.2 Å². The largest absolute Gasteiger partial charge is 0.494 e. The molecule has 5 nitrogen and oxygen atoms in total. The van der Waals surface area contributed by atoms with E-state index in [9.17, 15) is 9.18 Å². The summed E-state index contributed by atoms with van der Waals surface area (Å²) in [6, 6.07) is 19.1. The minimum absolute atomic E-state index is 0.0854. The fourth-order valence-electron chi connectivity index (χ4n) is 5.51. The number of benzene rings is 3. The third kappa shape index (κ3) is 5.46. The summed E-state index contributed by atoms with van der Waals surface area (Å²) in [5.74, 6) is 0.372. The lowest BCUT2D eigenvalue weighted by molar-refractivity contribution is -0.118. The first-order valence-corrected chi connectivity index (χ1v) is 13.3. The van der Waals surface area contributed by atoms with Crippen molar-refractivity contribution in [3.05, 3.63) is 88.2 Å². The summed E-state index contributed by atoms with van der Waals surface area (Å²) in [5.41, 5.74) is 5.33. The maximum atomic E-state index is 13.6. The molecular formula is C30H33ClFN3O2. The zero-order valence-corrected chi connectivity index (χ0v) is 22.2. The van der Waals surface area contributed by atoms with Crippen LogP contribution in [0.3, 0.4) is 0 Å². The van der Waals surface area contributed by atoms with Crippen molar-refractivity contribution in [2.75, 3.05) is 49.6 Å². The zero-order valence-electron chi connectivity index (χ0n) is 21.4. The van der Waals surface area contributed by atoms with Crippen LogP contribution in [0.2, 0.25) is 5.02 Å². The molecule has 1 atom stereocenters. The second-order valence-electron chi connectivity index (χ2n) is 9.82. The molecule has 3 aromatic rings. The number of carbonyl (C=O) groups excluding carboxylic acids is 1. The van der Waals surface area contributed by atoms with E-state index in [4.69, 9.17) is 16.3 Å². The van der Waals surface area contributed by atoms with Gasteiger partial charge in [0.2, 0.25) is 5.91 Å². The van der Waals surface area contributed by atoms with Crippen molar-refractivity contribution in [2.24, 2.45) is 0 Å². The van der Waals surface area contributed by atoms with E-state index < -0.39 is 0 Å². The Labute approximate surface area is 223 Å². The summed E-state index contributed by atoms with van der Waals surface area (Å²) < 4.78 is 19.0. The van der Waals surface area contributed by atoms with E-state index in [0.29, 0.717) is 17.2 Å². The van der Waals surface area contributed by atoms with Crippen LogP contribution in [-0.4, -0.2) is 50.6 Å². The van der Waals surface area contributed by atoms with Gasteiger partial charge in [-0.2, -0.15) is 0 Å². The van der Waals surface area contributed by atoms with E-state index in [-0.39, 0.29) is 17.8 Å². The molecule has 0 aromatic heterocycles. The summed E-state index contributed by atoms with van der Waals surface area (Å²) in [6.07, 6.45) is 2.24. The molecule has 2 heterocycles. The second-order valence-corrected chi connectivity index (χ2v) is 10.2. The second kappa shape index (κ2) is 11.1.